The van der Waals surface area contributed by atoms with Gasteiger partial charge < -0.3 is 25.3 Å². The monoisotopic (exact) mass is 537 g/mol. The second kappa shape index (κ2) is 11.5. The van der Waals surface area contributed by atoms with Crippen LogP contribution in [0.2, 0.25) is 0 Å². The van der Waals surface area contributed by atoms with Crippen molar-refractivity contribution in [3.63, 3.8) is 0 Å². The molecule has 40 heavy (non-hydrogen) atoms. The van der Waals surface area contributed by atoms with Gasteiger partial charge in [-0.25, -0.2) is 9.97 Å². The highest BCUT2D eigenvalue weighted by Gasteiger charge is 2.22. The molecule has 2 heterocycles. The van der Waals surface area contributed by atoms with Crippen molar-refractivity contribution in [3.05, 3.63) is 101 Å². The van der Waals surface area contributed by atoms with Gasteiger partial charge in [-0.1, -0.05) is 48.0 Å². The highest BCUT2D eigenvalue weighted by molar-refractivity contribution is 6.13. The third-order valence-corrected chi connectivity index (χ3v) is 6.10. The van der Waals surface area contributed by atoms with Gasteiger partial charge in [0.15, 0.2) is 12.3 Å². The van der Waals surface area contributed by atoms with E-state index in [9.17, 15) is 14.4 Å². The van der Waals surface area contributed by atoms with Gasteiger partial charge in [-0.3, -0.25) is 19.7 Å². The SMILES string of the molecule is Cc1ccc(NC(=O)c2nc[nH]c2C(=O)Nc2nc3cc(OCC(=O)NCc4ccccc4)ccc3[nH]2)c(C)c1. The number of ether oxygens (including phenoxy) is 1. The molecule has 5 N–H and O–H groups in total. The first-order chi connectivity index (χ1) is 19.4. The molecule has 0 fully saturated rings. The molecule has 3 amide bonds. The molecule has 0 aliphatic heterocycles. The number of rotatable bonds is 9. The maximum Gasteiger partial charge on any atom is 0.276 e. The van der Waals surface area contributed by atoms with Gasteiger partial charge in [0.1, 0.15) is 11.4 Å². The zero-order valence-electron chi connectivity index (χ0n) is 21.9. The lowest BCUT2D eigenvalue weighted by molar-refractivity contribution is -0.123. The third-order valence-electron chi connectivity index (χ3n) is 6.10. The molecule has 0 aliphatic carbocycles. The molecule has 0 radical (unpaired) electrons. The van der Waals surface area contributed by atoms with Crippen LogP contribution in [0.1, 0.15) is 37.7 Å². The smallest absolute Gasteiger partial charge is 0.276 e. The van der Waals surface area contributed by atoms with Crippen LogP contribution in [0.15, 0.2) is 73.1 Å². The molecule has 0 atom stereocenters. The summed E-state index contributed by atoms with van der Waals surface area (Å²) in [5.74, 6) is -0.735. The van der Waals surface area contributed by atoms with Crippen molar-refractivity contribution < 1.29 is 19.1 Å². The number of aryl methyl sites for hydroxylation is 2. The Labute approximate surface area is 229 Å². The lowest BCUT2D eigenvalue weighted by Gasteiger charge is -2.09. The number of carbonyl (C=O) groups is 3. The number of imidazole rings is 2. The fourth-order valence-electron chi connectivity index (χ4n) is 4.08. The lowest BCUT2D eigenvalue weighted by atomic mass is 10.1. The number of hydrogen-bond donors (Lipinski definition) is 5. The summed E-state index contributed by atoms with van der Waals surface area (Å²) in [6.07, 6.45) is 1.28. The van der Waals surface area contributed by atoms with E-state index in [1.54, 1.807) is 24.3 Å². The Balaban J connectivity index is 1.20. The Morgan fingerprint density at radius 2 is 1.75 bits per heavy atom. The summed E-state index contributed by atoms with van der Waals surface area (Å²) in [5, 5.41) is 8.25. The molecule has 0 bridgehead atoms. The van der Waals surface area contributed by atoms with Crippen LogP contribution in [0.5, 0.6) is 5.75 Å². The lowest BCUT2D eigenvalue weighted by Crippen LogP contribution is -2.28. The zero-order valence-corrected chi connectivity index (χ0v) is 21.9. The van der Waals surface area contributed by atoms with Crippen LogP contribution in [0, 0.1) is 13.8 Å². The van der Waals surface area contributed by atoms with Gasteiger partial charge in [0.2, 0.25) is 5.95 Å². The maximum absolute atomic E-state index is 13.0. The Morgan fingerprint density at radius 1 is 0.925 bits per heavy atom. The van der Waals surface area contributed by atoms with E-state index in [4.69, 9.17) is 4.74 Å². The second-order valence-electron chi connectivity index (χ2n) is 9.17. The van der Waals surface area contributed by atoms with Crippen molar-refractivity contribution in [2.24, 2.45) is 0 Å². The topological polar surface area (TPSA) is 154 Å². The minimum absolute atomic E-state index is 0.00624. The van der Waals surface area contributed by atoms with E-state index in [-0.39, 0.29) is 29.9 Å². The molecular formula is C29H27N7O4. The minimum Gasteiger partial charge on any atom is -0.484 e. The molecule has 0 spiro atoms. The van der Waals surface area contributed by atoms with Crippen LogP contribution in [0.4, 0.5) is 11.6 Å². The summed E-state index contributed by atoms with van der Waals surface area (Å²) in [4.78, 5) is 52.1. The molecule has 0 saturated carbocycles. The maximum atomic E-state index is 13.0. The van der Waals surface area contributed by atoms with Crippen molar-refractivity contribution in [1.82, 2.24) is 25.3 Å². The van der Waals surface area contributed by atoms with Crippen LogP contribution >= 0.6 is 0 Å². The van der Waals surface area contributed by atoms with E-state index >= 15 is 0 Å². The van der Waals surface area contributed by atoms with E-state index in [2.05, 4.69) is 35.9 Å². The molecule has 202 valence electrons. The number of benzene rings is 3. The average Bonchev–Trinajstić information content (AvgIpc) is 3.60. The van der Waals surface area contributed by atoms with Gasteiger partial charge in [-0.2, -0.15) is 0 Å². The number of nitrogens with zero attached hydrogens (tertiary/aromatic N) is 2. The van der Waals surface area contributed by atoms with Crippen molar-refractivity contribution in [2.45, 2.75) is 20.4 Å². The van der Waals surface area contributed by atoms with Gasteiger partial charge in [-0.05, 0) is 43.2 Å². The molecule has 0 unspecified atom stereocenters. The number of hydrogen-bond acceptors (Lipinski definition) is 6. The number of fused-ring (bicyclic) bond motifs is 1. The Hall–Kier alpha value is -5.45. The molecule has 11 heteroatoms. The highest BCUT2D eigenvalue weighted by Crippen LogP contribution is 2.22. The summed E-state index contributed by atoms with van der Waals surface area (Å²) in [6.45, 7) is 4.11. The van der Waals surface area contributed by atoms with E-state index in [1.807, 2.05) is 56.3 Å². The number of amides is 3. The van der Waals surface area contributed by atoms with Crippen molar-refractivity contribution >= 4 is 40.4 Å². The summed E-state index contributed by atoms with van der Waals surface area (Å²) in [5.41, 5.74) is 4.71. The van der Waals surface area contributed by atoms with E-state index < -0.39 is 11.8 Å². The van der Waals surface area contributed by atoms with Crippen molar-refractivity contribution in [1.29, 1.82) is 0 Å². The van der Waals surface area contributed by atoms with Crippen LogP contribution in [-0.2, 0) is 11.3 Å². The number of anilines is 2. The summed E-state index contributed by atoms with van der Waals surface area (Å²) in [7, 11) is 0. The standard InChI is InChI=1S/C29H27N7O4/c1-17-8-10-21(18(2)12-17)33-27(38)25-26(32-16-31-25)28(39)36-29-34-22-11-9-20(13-23(22)35-29)40-15-24(37)30-14-19-6-4-3-5-7-19/h3-13,16H,14-15H2,1-2H3,(H,30,37)(H,31,32)(H,33,38)(H2,34,35,36,39). The van der Waals surface area contributed by atoms with Crippen LogP contribution in [0.3, 0.4) is 0 Å². The second-order valence-corrected chi connectivity index (χ2v) is 9.17. The predicted octanol–water partition coefficient (Wildman–Crippen LogP) is 4.10. The highest BCUT2D eigenvalue weighted by atomic mass is 16.5. The molecule has 2 aromatic heterocycles. The van der Waals surface area contributed by atoms with Gasteiger partial charge in [0.25, 0.3) is 17.7 Å². The Kier molecular flexibility index (Phi) is 7.54. The van der Waals surface area contributed by atoms with Gasteiger partial charge in [0.05, 0.1) is 17.4 Å². The predicted molar refractivity (Wildman–Crippen MR) is 150 cm³/mol. The normalized spacial score (nSPS) is 10.8. The van der Waals surface area contributed by atoms with Gasteiger partial charge >= 0.3 is 0 Å². The molecule has 11 nitrogen and oxygen atoms in total. The Bertz CT molecular complexity index is 1690. The first-order valence-electron chi connectivity index (χ1n) is 12.5. The van der Waals surface area contributed by atoms with Crippen LogP contribution < -0.4 is 20.7 Å². The molecule has 5 rings (SSSR count). The number of nitrogens with one attached hydrogen (secondary N) is 5. The number of aromatic nitrogens is 4. The number of H-pyrrole nitrogens is 2. The Morgan fingerprint density at radius 3 is 2.55 bits per heavy atom. The summed E-state index contributed by atoms with van der Waals surface area (Å²) >= 11 is 0. The van der Waals surface area contributed by atoms with Crippen LogP contribution in [-0.4, -0.2) is 44.3 Å². The first-order valence-corrected chi connectivity index (χ1v) is 12.5. The van der Waals surface area contributed by atoms with E-state index in [0.717, 1.165) is 16.7 Å². The largest absolute Gasteiger partial charge is 0.484 e. The number of carbonyl (C=O) groups excluding carboxylic acids is 3. The number of aromatic amines is 2. The molecule has 0 saturated heterocycles. The van der Waals surface area contributed by atoms with Crippen molar-refractivity contribution in [3.8, 4) is 5.75 Å². The molecule has 3 aromatic carbocycles. The van der Waals surface area contributed by atoms with Gasteiger partial charge in [0, 0.05) is 18.3 Å². The fourth-order valence-corrected chi connectivity index (χ4v) is 4.08. The van der Waals surface area contributed by atoms with E-state index in [1.165, 1.54) is 6.33 Å². The van der Waals surface area contributed by atoms with Crippen molar-refractivity contribution in [2.75, 3.05) is 17.2 Å². The fraction of sp³-hybridized carbons (Fsp3) is 0.138. The first kappa shape index (κ1) is 26.2. The average molecular weight is 538 g/mol. The minimum atomic E-state index is -0.589. The van der Waals surface area contributed by atoms with E-state index in [0.29, 0.717) is 29.0 Å². The third kappa shape index (κ3) is 6.16. The molecule has 0 aliphatic rings. The quantitative estimate of drug-likeness (QED) is 0.191. The summed E-state index contributed by atoms with van der Waals surface area (Å²) in [6, 6.07) is 20.3. The molecular weight excluding hydrogens is 510 g/mol. The zero-order chi connectivity index (χ0) is 28.1. The molecule has 5 aromatic rings. The summed E-state index contributed by atoms with van der Waals surface area (Å²) < 4.78 is 5.61. The van der Waals surface area contributed by atoms with Gasteiger partial charge in [-0.15, -0.1) is 0 Å². The van der Waals surface area contributed by atoms with Crippen LogP contribution in [0.25, 0.3) is 11.0 Å².